The van der Waals surface area contributed by atoms with Crippen LogP contribution in [0.15, 0.2) is 35.0 Å². The van der Waals surface area contributed by atoms with Gasteiger partial charge in [-0.15, -0.1) is 22.7 Å². The number of nitrogens with zero attached hydrogens (tertiary/aromatic N) is 2. The van der Waals surface area contributed by atoms with Crippen LogP contribution in [0.5, 0.6) is 0 Å². The smallest absolute Gasteiger partial charge is 0.456 e. The van der Waals surface area contributed by atoms with Gasteiger partial charge in [0, 0.05) is 0 Å². The van der Waals surface area contributed by atoms with Crippen LogP contribution < -0.4 is 8.61 Å². The topological polar surface area (TPSA) is 104 Å². The average Bonchev–Trinajstić information content (AvgIpc) is 3.01. The molecule has 0 aliphatic heterocycles. The Morgan fingerprint density at radius 2 is 1.40 bits per heavy atom. The highest BCUT2D eigenvalue weighted by Gasteiger charge is 2.40. The van der Waals surface area contributed by atoms with Crippen LogP contribution in [0.4, 0.5) is 19.6 Å². The molecule has 2 N–H and O–H groups in total. The van der Waals surface area contributed by atoms with Gasteiger partial charge in [-0.1, -0.05) is 8.61 Å². The van der Waals surface area contributed by atoms with Gasteiger partial charge in [0.25, 0.3) is 0 Å². The monoisotopic (exact) mass is 332 g/mol. The van der Waals surface area contributed by atoms with Crippen LogP contribution in [-0.4, -0.2) is 27.0 Å². The highest BCUT2D eigenvalue weighted by atomic mass is 32.2. The van der Waals surface area contributed by atoms with E-state index in [1.807, 2.05) is 0 Å². The minimum absolute atomic E-state index is 0.179. The third kappa shape index (κ3) is 2.88. The van der Waals surface area contributed by atoms with Gasteiger partial charge in [0.05, 0.1) is 0 Å². The van der Waals surface area contributed by atoms with E-state index >= 15 is 0 Å². The zero-order valence-corrected chi connectivity index (χ0v) is 12.2. The fourth-order valence-corrected chi connectivity index (χ4v) is 4.08. The number of carboxylic acid groups (broad SMARTS) is 2. The number of hydrogen-bond donors (Lipinski definition) is 2. The van der Waals surface area contributed by atoms with Gasteiger partial charge in [-0.2, -0.15) is 0 Å². The van der Waals surface area contributed by atoms with E-state index in [0.717, 1.165) is 22.7 Å². The summed E-state index contributed by atoms with van der Waals surface area (Å²) in [6, 6.07) is 6.07. The molecule has 0 saturated heterocycles. The SMILES string of the molecule is O=C(O)N(c1cccs1)[S+]([O-])N(C(=O)O)c1cccs1. The molecule has 2 amide bonds. The molecule has 0 aliphatic rings. The fraction of sp³-hybridized carbons (Fsp3) is 0. The normalized spacial score (nSPS) is 10.5. The third-order valence-electron chi connectivity index (χ3n) is 2.07. The molecule has 20 heavy (non-hydrogen) atoms. The van der Waals surface area contributed by atoms with E-state index in [1.54, 1.807) is 22.9 Å². The van der Waals surface area contributed by atoms with Crippen molar-refractivity contribution in [3.05, 3.63) is 35.0 Å². The molecule has 0 aromatic carbocycles. The average molecular weight is 332 g/mol. The first-order valence-corrected chi connectivity index (χ1v) is 7.89. The number of rotatable bonds is 4. The van der Waals surface area contributed by atoms with Crippen LogP contribution >= 0.6 is 22.7 Å². The summed E-state index contributed by atoms with van der Waals surface area (Å²) in [4.78, 5) is 22.5. The zero-order valence-electron chi connectivity index (χ0n) is 9.70. The van der Waals surface area contributed by atoms with E-state index in [9.17, 15) is 14.1 Å². The summed E-state index contributed by atoms with van der Waals surface area (Å²) in [5.74, 6) is 0. The molecule has 2 aromatic heterocycles. The summed E-state index contributed by atoms with van der Waals surface area (Å²) in [5.41, 5.74) is 0. The van der Waals surface area contributed by atoms with Gasteiger partial charge in [0.1, 0.15) is 0 Å². The van der Waals surface area contributed by atoms with Crippen molar-refractivity contribution in [1.29, 1.82) is 0 Å². The van der Waals surface area contributed by atoms with Crippen molar-refractivity contribution >= 4 is 56.4 Å². The van der Waals surface area contributed by atoms with Crippen molar-refractivity contribution in [3.63, 3.8) is 0 Å². The molecule has 2 heterocycles. The van der Waals surface area contributed by atoms with Gasteiger partial charge in [-0.25, -0.2) is 9.59 Å². The van der Waals surface area contributed by atoms with Gasteiger partial charge in [0.2, 0.25) is 11.5 Å². The second kappa shape index (κ2) is 6.13. The second-order valence-corrected chi connectivity index (χ2v) is 6.33. The van der Waals surface area contributed by atoms with Crippen molar-refractivity contribution in [2.75, 3.05) is 8.61 Å². The molecule has 0 spiro atoms. The maximum absolute atomic E-state index is 12.3. The number of hydrogen-bond acceptors (Lipinski definition) is 5. The Balaban J connectivity index is 2.37. The number of carbonyl (C=O) groups is 2. The van der Waals surface area contributed by atoms with Crippen molar-refractivity contribution in [2.45, 2.75) is 0 Å². The molecule has 2 aromatic rings. The molecule has 10 heteroatoms. The van der Waals surface area contributed by atoms with Crippen molar-refractivity contribution < 1.29 is 24.4 Å². The molecule has 0 fully saturated rings. The largest absolute Gasteiger partial charge is 0.567 e. The quantitative estimate of drug-likeness (QED) is 0.837. The molecule has 0 bridgehead atoms. The Kier molecular flexibility index (Phi) is 4.49. The summed E-state index contributed by atoms with van der Waals surface area (Å²) in [6.45, 7) is 0. The molecule has 2 rings (SSSR count). The first kappa shape index (κ1) is 14.7. The van der Waals surface area contributed by atoms with E-state index in [4.69, 9.17) is 10.2 Å². The van der Waals surface area contributed by atoms with Gasteiger partial charge < -0.3 is 14.8 Å². The van der Waals surface area contributed by atoms with Crippen molar-refractivity contribution in [3.8, 4) is 0 Å². The lowest BCUT2D eigenvalue weighted by Crippen LogP contribution is -2.48. The van der Waals surface area contributed by atoms with E-state index in [2.05, 4.69) is 0 Å². The maximum Gasteiger partial charge on any atom is 0.456 e. The minimum atomic E-state index is -2.43. The summed E-state index contributed by atoms with van der Waals surface area (Å²) in [6.07, 6.45) is -2.98. The predicted molar refractivity (Wildman–Crippen MR) is 77.8 cm³/mol. The van der Waals surface area contributed by atoms with Gasteiger partial charge in [0.15, 0.2) is 10.0 Å². The predicted octanol–water partition coefficient (Wildman–Crippen LogP) is 3.06. The van der Waals surface area contributed by atoms with Gasteiger partial charge >= 0.3 is 12.2 Å². The van der Waals surface area contributed by atoms with Crippen molar-refractivity contribution in [2.24, 2.45) is 0 Å². The Labute approximate surface area is 124 Å². The summed E-state index contributed by atoms with van der Waals surface area (Å²) in [5, 5.41) is 21.9. The Morgan fingerprint density at radius 1 is 1.00 bits per heavy atom. The van der Waals surface area contributed by atoms with E-state index in [1.165, 1.54) is 12.1 Å². The molecule has 0 atom stereocenters. The van der Waals surface area contributed by atoms with Crippen LogP contribution in [0.2, 0.25) is 0 Å². The van der Waals surface area contributed by atoms with Crippen LogP contribution in [0.25, 0.3) is 0 Å². The highest BCUT2D eigenvalue weighted by Crippen LogP contribution is 2.31. The number of amides is 2. The van der Waals surface area contributed by atoms with E-state index in [0.29, 0.717) is 8.61 Å². The molecule has 0 radical (unpaired) electrons. The molecular weight excluding hydrogens is 324 g/mol. The summed E-state index contributed by atoms with van der Waals surface area (Å²) in [7, 11) is 0. The lowest BCUT2D eigenvalue weighted by molar-refractivity contribution is 0.205. The third-order valence-corrected chi connectivity index (χ3v) is 5.34. The summed E-state index contributed by atoms with van der Waals surface area (Å²) < 4.78 is 13.4. The first-order chi connectivity index (χ1) is 9.52. The Morgan fingerprint density at radius 3 is 1.65 bits per heavy atom. The van der Waals surface area contributed by atoms with Crippen LogP contribution in [-0.2, 0) is 11.5 Å². The van der Waals surface area contributed by atoms with Crippen molar-refractivity contribution in [1.82, 2.24) is 0 Å². The Hall–Kier alpha value is -1.75. The zero-order chi connectivity index (χ0) is 14.7. The lowest BCUT2D eigenvalue weighted by Gasteiger charge is -2.24. The molecule has 7 nitrogen and oxygen atoms in total. The number of anilines is 2. The molecular formula is C10H8N2O5S3. The van der Waals surface area contributed by atoms with Gasteiger partial charge in [-0.3, -0.25) is 0 Å². The minimum Gasteiger partial charge on any atom is -0.567 e. The Bertz CT molecular complexity index is 534. The first-order valence-electron chi connectivity index (χ1n) is 5.07. The summed E-state index contributed by atoms with van der Waals surface area (Å²) >= 11 is -0.326. The molecule has 0 unspecified atom stereocenters. The maximum atomic E-state index is 12.3. The van der Waals surface area contributed by atoms with Crippen LogP contribution in [0.1, 0.15) is 0 Å². The fourth-order valence-electron chi connectivity index (χ4n) is 1.33. The van der Waals surface area contributed by atoms with Crippen LogP contribution in [0.3, 0.4) is 0 Å². The lowest BCUT2D eigenvalue weighted by atomic mass is 10.6. The number of thiophene rings is 2. The van der Waals surface area contributed by atoms with Crippen LogP contribution in [0, 0.1) is 0 Å². The highest BCUT2D eigenvalue weighted by molar-refractivity contribution is 7.96. The molecule has 0 saturated carbocycles. The van der Waals surface area contributed by atoms with E-state index in [-0.39, 0.29) is 10.0 Å². The van der Waals surface area contributed by atoms with Gasteiger partial charge in [-0.05, 0) is 35.0 Å². The molecule has 106 valence electrons. The standard InChI is InChI=1S/C10H8N2O5S3/c13-9(14)11(7-3-1-5-18-7)20(17)12(10(15)16)8-4-2-6-19-8/h1-6H,(H,13,14)(H,15,16). The second-order valence-electron chi connectivity index (χ2n) is 3.29. The van der Waals surface area contributed by atoms with E-state index < -0.39 is 23.7 Å². The molecule has 0 aliphatic carbocycles.